The van der Waals surface area contributed by atoms with Gasteiger partial charge in [-0.3, -0.25) is 4.90 Å². The quantitative estimate of drug-likeness (QED) is 0.523. The molecule has 5 nitrogen and oxygen atoms in total. The van der Waals surface area contributed by atoms with Gasteiger partial charge in [-0.1, -0.05) is 0 Å². The van der Waals surface area contributed by atoms with E-state index in [2.05, 4.69) is 4.90 Å². The molecular weight excluding hydrogens is 172 g/mol. The minimum Gasteiger partial charge on any atom is -0.394 e. The van der Waals surface area contributed by atoms with Gasteiger partial charge in [-0.25, -0.2) is 0 Å². The lowest BCUT2D eigenvalue weighted by Crippen LogP contribution is -2.50. The Bertz CT molecular complexity index is 129. The second-order valence-corrected chi connectivity index (χ2v) is 3.01. The molecule has 1 heterocycles. The number of hydrogen-bond donors (Lipinski definition) is 2. The molecule has 0 aromatic carbocycles. The average molecular weight is 190 g/mol. The van der Waals surface area contributed by atoms with Crippen molar-refractivity contribution >= 4 is 0 Å². The van der Waals surface area contributed by atoms with Crippen molar-refractivity contribution in [2.75, 3.05) is 46.1 Å². The lowest BCUT2D eigenvalue weighted by atomic mass is 10.3. The van der Waals surface area contributed by atoms with Crippen LogP contribution in [-0.2, 0) is 9.47 Å². The summed E-state index contributed by atoms with van der Waals surface area (Å²) in [4.78, 5) is 2.13. The summed E-state index contributed by atoms with van der Waals surface area (Å²) in [5.74, 6) is 0. The maximum Gasteiger partial charge on any atom is 0.0814 e. The molecule has 0 saturated carbocycles. The van der Waals surface area contributed by atoms with Crippen molar-refractivity contribution in [1.82, 2.24) is 4.90 Å². The molecule has 1 fully saturated rings. The van der Waals surface area contributed by atoms with E-state index < -0.39 is 0 Å². The Balaban J connectivity index is 2.09. The summed E-state index contributed by atoms with van der Waals surface area (Å²) in [6, 6.07) is 0. The third-order valence-corrected chi connectivity index (χ3v) is 2.04. The van der Waals surface area contributed by atoms with Crippen LogP contribution < -0.4 is 5.73 Å². The Labute approximate surface area is 78.4 Å². The largest absolute Gasteiger partial charge is 0.394 e. The van der Waals surface area contributed by atoms with Gasteiger partial charge in [0.15, 0.2) is 0 Å². The highest BCUT2D eigenvalue weighted by Gasteiger charge is 2.16. The predicted molar refractivity (Wildman–Crippen MR) is 48.3 cm³/mol. The minimum atomic E-state index is -0.0737. The fourth-order valence-electron chi connectivity index (χ4n) is 1.28. The Morgan fingerprint density at radius 2 is 2.15 bits per heavy atom. The molecule has 0 aliphatic carbocycles. The first-order chi connectivity index (χ1) is 6.34. The van der Waals surface area contributed by atoms with Gasteiger partial charge >= 0.3 is 0 Å². The number of rotatable bonds is 5. The smallest absolute Gasteiger partial charge is 0.0814 e. The molecule has 1 aliphatic rings. The van der Waals surface area contributed by atoms with Gasteiger partial charge in [0.2, 0.25) is 0 Å². The number of morpholine rings is 1. The number of nitrogens with two attached hydrogens (primary N) is 1. The second kappa shape index (κ2) is 6.28. The van der Waals surface area contributed by atoms with E-state index in [9.17, 15) is 0 Å². The molecule has 78 valence electrons. The number of nitrogens with zero attached hydrogens (tertiary/aromatic N) is 1. The molecule has 0 amide bonds. The van der Waals surface area contributed by atoms with Crippen LogP contribution in [-0.4, -0.2) is 62.3 Å². The second-order valence-electron chi connectivity index (χ2n) is 3.01. The maximum atomic E-state index is 8.49. The van der Waals surface area contributed by atoms with Crippen molar-refractivity contribution in [2.24, 2.45) is 5.73 Å². The van der Waals surface area contributed by atoms with Crippen LogP contribution in [0.1, 0.15) is 0 Å². The summed E-state index contributed by atoms with van der Waals surface area (Å²) in [5.41, 5.74) is 5.85. The molecule has 1 rings (SSSR count). The van der Waals surface area contributed by atoms with E-state index >= 15 is 0 Å². The first-order valence-electron chi connectivity index (χ1n) is 4.60. The summed E-state index contributed by atoms with van der Waals surface area (Å²) < 4.78 is 10.3. The molecule has 0 aromatic rings. The highest BCUT2D eigenvalue weighted by Crippen LogP contribution is 1.99. The average Bonchev–Trinajstić information content (AvgIpc) is 2.19. The van der Waals surface area contributed by atoms with E-state index in [4.69, 9.17) is 20.3 Å². The van der Waals surface area contributed by atoms with Gasteiger partial charge in [0.1, 0.15) is 0 Å². The lowest BCUT2D eigenvalue weighted by Gasteiger charge is -2.31. The van der Waals surface area contributed by atoms with E-state index in [1.807, 2.05) is 0 Å². The van der Waals surface area contributed by atoms with E-state index in [0.717, 1.165) is 26.3 Å². The zero-order chi connectivity index (χ0) is 9.52. The van der Waals surface area contributed by atoms with Crippen LogP contribution in [0.3, 0.4) is 0 Å². The predicted octanol–water partition coefficient (Wildman–Crippen LogP) is -1.39. The molecule has 5 heteroatoms. The van der Waals surface area contributed by atoms with Crippen molar-refractivity contribution in [1.29, 1.82) is 0 Å². The van der Waals surface area contributed by atoms with Crippen LogP contribution >= 0.6 is 0 Å². The van der Waals surface area contributed by atoms with Gasteiger partial charge in [-0.2, -0.15) is 0 Å². The molecule has 3 N–H and O–H groups in total. The van der Waals surface area contributed by atoms with Crippen LogP contribution in [0, 0.1) is 0 Å². The Morgan fingerprint density at radius 3 is 2.77 bits per heavy atom. The monoisotopic (exact) mass is 190 g/mol. The molecular formula is C8H18N2O3. The van der Waals surface area contributed by atoms with Crippen LogP contribution in [0.5, 0.6) is 0 Å². The van der Waals surface area contributed by atoms with Crippen LogP contribution in [0.2, 0.25) is 0 Å². The van der Waals surface area contributed by atoms with Crippen molar-refractivity contribution in [3.8, 4) is 0 Å². The van der Waals surface area contributed by atoms with Crippen LogP contribution in [0.25, 0.3) is 0 Å². The Hall–Kier alpha value is -0.200. The molecule has 0 bridgehead atoms. The lowest BCUT2D eigenvalue weighted by molar-refractivity contribution is -0.0133. The molecule has 0 aromatic heterocycles. The minimum absolute atomic E-state index is 0.0514. The number of hydrogen-bond acceptors (Lipinski definition) is 5. The third kappa shape index (κ3) is 4.02. The van der Waals surface area contributed by atoms with Crippen molar-refractivity contribution in [3.63, 3.8) is 0 Å². The van der Waals surface area contributed by atoms with E-state index in [1.165, 1.54) is 0 Å². The zero-order valence-corrected chi connectivity index (χ0v) is 7.82. The number of ether oxygens (including phenoxy) is 2. The topological polar surface area (TPSA) is 68.0 Å². The summed E-state index contributed by atoms with van der Waals surface area (Å²) in [6.07, 6.45) is -0.0737. The van der Waals surface area contributed by atoms with E-state index in [-0.39, 0.29) is 12.8 Å². The van der Waals surface area contributed by atoms with Crippen LogP contribution in [0.4, 0.5) is 0 Å². The van der Waals surface area contributed by atoms with E-state index in [1.54, 1.807) is 0 Å². The molecule has 1 atom stereocenters. The molecule has 0 radical (unpaired) electrons. The standard InChI is InChI=1S/C8H18N2O3/c9-8(7-13-6-3-11)10-1-4-12-5-2-10/h8,11H,1-7,9H2. The van der Waals surface area contributed by atoms with Gasteiger partial charge in [0, 0.05) is 13.1 Å². The SMILES string of the molecule is NC(COCCO)N1CCOCC1. The van der Waals surface area contributed by atoms with Crippen molar-refractivity contribution in [3.05, 3.63) is 0 Å². The summed E-state index contributed by atoms with van der Waals surface area (Å²) in [6.45, 7) is 4.10. The molecule has 0 spiro atoms. The van der Waals surface area contributed by atoms with Gasteiger partial charge in [-0.05, 0) is 0 Å². The highest BCUT2D eigenvalue weighted by atomic mass is 16.5. The van der Waals surface area contributed by atoms with E-state index in [0.29, 0.717) is 13.2 Å². The van der Waals surface area contributed by atoms with Crippen molar-refractivity contribution < 1.29 is 14.6 Å². The fourth-order valence-corrected chi connectivity index (χ4v) is 1.28. The normalized spacial score (nSPS) is 21.7. The first-order valence-corrected chi connectivity index (χ1v) is 4.60. The zero-order valence-electron chi connectivity index (χ0n) is 7.82. The molecule has 13 heavy (non-hydrogen) atoms. The highest BCUT2D eigenvalue weighted by molar-refractivity contribution is 4.68. The summed E-state index contributed by atoms with van der Waals surface area (Å²) >= 11 is 0. The maximum absolute atomic E-state index is 8.49. The summed E-state index contributed by atoms with van der Waals surface area (Å²) in [5, 5.41) is 8.49. The Morgan fingerprint density at radius 1 is 1.46 bits per heavy atom. The third-order valence-electron chi connectivity index (χ3n) is 2.04. The molecule has 1 saturated heterocycles. The Kier molecular flexibility index (Phi) is 5.26. The van der Waals surface area contributed by atoms with Gasteiger partial charge in [-0.15, -0.1) is 0 Å². The van der Waals surface area contributed by atoms with Gasteiger partial charge in [0.25, 0.3) is 0 Å². The van der Waals surface area contributed by atoms with Gasteiger partial charge < -0.3 is 20.3 Å². The molecule has 1 unspecified atom stereocenters. The summed E-state index contributed by atoms with van der Waals surface area (Å²) in [7, 11) is 0. The fraction of sp³-hybridized carbons (Fsp3) is 1.00. The number of aliphatic hydroxyl groups excluding tert-OH is 1. The van der Waals surface area contributed by atoms with Gasteiger partial charge in [0.05, 0.1) is 39.2 Å². The molecule has 1 aliphatic heterocycles. The van der Waals surface area contributed by atoms with Crippen molar-refractivity contribution in [2.45, 2.75) is 6.17 Å². The van der Waals surface area contributed by atoms with Crippen LogP contribution in [0.15, 0.2) is 0 Å². The first kappa shape index (κ1) is 10.9. The number of aliphatic hydroxyl groups is 1.